The second kappa shape index (κ2) is 12.3. The van der Waals surface area contributed by atoms with E-state index in [1.165, 1.54) is 9.31 Å². The predicted molar refractivity (Wildman–Crippen MR) is 176 cm³/mol. The van der Waals surface area contributed by atoms with E-state index in [1.807, 2.05) is 84.9 Å². The van der Waals surface area contributed by atoms with Crippen molar-refractivity contribution in [1.82, 2.24) is 29.6 Å². The zero-order valence-corrected chi connectivity index (χ0v) is 26.2. The zero-order chi connectivity index (χ0) is 30.7. The topological polar surface area (TPSA) is 111 Å². The quantitative estimate of drug-likeness (QED) is 0.125. The third-order valence-electron chi connectivity index (χ3n) is 7.27. The molecule has 10 nitrogen and oxygen atoms in total. The largest absolute Gasteiger partial charge is 0.497 e. The van der Waals surface area contributed by atoms with Crippen LogP contribution < -0.4 is 15.6 Å². The number of nitrogens with one attached hydrogen (secondary N) is 2. The van der Waals surface area contributed by atoms with Crippen LogP contribution in [0.4, 0.5) is 11.6 Å². The number of H-pyrrole nitrogens is 1. The molecule has 6 aromatic rings. The third kappa shape index (κ3) is 6.19. The van der Waals surface area contributed by atoms with Crippen LogP contribution in [0.15, 0.2) is 95.9 Å². The van der Waals surface area contributed by atoms with Gasteiger partial charge in [-0.2, -0.15) is 19.5 Å². The Morgan fingerprint density at radius 2 is 1.50 bits per heavy atom. The number of nitrogens with zero attached hydrogens (tertiary/aromatic N) is 5. The van der Waals surface area contributed by atoms with E-state index in [0.717, 1.165) is 22.7 Å². The number of fused-ring (bicyclic) bond motifs is 1. The van der Waals surface area contributed by atoms with Gasteiger partial charge in [-0.1, -0.05) is 92.4 Å². The molecule has 0 saturated carbocycles. The maximum Gasteiger partial charge on any atom is 0.284 e. The van der Waals surface area contributed by atoms with Gasteiger partial charge >= 0.3 is 0 Å². The minimum absolute atomic E-state index is 0.244. The predicted octanol–water partition coefficient (Wildman–Crippen LogP) is 6.68. The molecule has 0 amide bonds. The monoisotopic (exact) mass is 605 g/mol. The second-order valence-electron chi connectivity index (χ2n) is 11.7. The molecule has 0 atom stereocenters. The fourth-order valence-electron chi connectivity index (χ4n) is 4.94. The van der Waals surface area contributed by atoms with E-state index in [-0.39, 0.29) is 12.3 Å². The lowest BCUT2D eigenvalue weighted by atomic mass is 10.0. The minimum atomic E-state index is -1.20. The molecule has 0 aliphatic heterocycles. The van der Waals surface area contributed by atoms with E-state index < -0.39 is 8.07 Å². The fraction of sp³-hybridized carbons (Fsp3) is 0.212. The lowest BCUT2D eigenvalue weighted by Crippen LogP contribution is -2.22. The van der Waals surface area contributed by atoms with Crippen LogP contribution in [0.3, 0.4) is 0 Å². The zero-order valence-electron chi connectivity index (χ0n) is 25.2. The standard InChI is InChI=1S/C33H35N7O3Si/c1-42-26-17-15-24(16-18-26)29-31(35-27-21-34-39(37-27)22-43-19-20-44(2,3)4)36-32-28(23-11-7-5-8-12-23)30(38-40(32)33(29)41)25-13-9-6-10-14-25/h5-18,21,36H,19-20,22H2,1-4H3,(H,35,37). The highest BCUT2D eigenvalue weighted by Crippen LogP contribution is 2.36. The lowest BCUT2D eigenvalue weighted by Gasteiger charge is -2.15. The van der Waals surface area contributed by atoms with E-state index >= 15 is 0 Å². The van der Waals surface area contributed by atoms with Gasteiger partial charge in [0.1, 0.15) is 22.9 Å². The molecule has 224 valence electrons. The average Bonchev–Trinajstić information content (AvgIpc) is 3.65. The summed E-state index contributed by atoms with van der Waals surface area (Å²) in [5.41, 5.74) is 4.72. The minimum Gasteiger partial charge on any atom is -0.497 e. The van der Waals surface area contributed by atoms with E-state index in [2.05, 4.69) is 40.1 Å². The fourth-order valence-corrected chi connectivity index (χ4v) is 5.70. The molecule has 3 heterocycles. The summed E-state index contributed by atoms with van der Waals surface area (Å²) in [6.45, 7) is 7.85. The molecule has 2 N–H and O–H groups in total. The Kier molecular flexibility index (Phi) is 8.14. The highest BCUT2D eigenvalue weighted by atomic mass is 28.3. The van der Waals surface area contributed by atoms with Crippen molar-refractivity contribution in [1.29, 1.82) is 0 Å². The van der Waals surface area contributed by atoms with Crippen molar-refractivity contribution in [3.05, 3.63) is 101 Å². The molecule has 0 unspecified atom stereocenters. The summed E-state index contributed by atoms with van der Waals surface area (Å²) in [7, 11) is 0.411. The van der Waals surface area contributed by atoms with Crippen LogP contribution in [-0.4, -0.2) is 51.4 Å². The molecule has 0 radical (unpaired) electrons. The van der Waals surface area contributed by atoms with Gasteiger partial charge in [-0.25, -0.2) is 0 Å². The molecule has 0 aliphatic rings. The first kappa shape index (κ1) is 29.1. The van der Waals surface area contributed by atoms with Crippen molar-refractivity contribution < 1.29 is 9.47 Å². The molecule has 0 bridgehead atoms. The molecule has 6 rings (SSSR count). The first-order chi connectivity index (χ1) is 21.3. The first-order valence-electron chi connectivity index (χ1n) is 14.5. The summed E-state index contributed by atoms with van der Waals surface area (Å²) >= 11 is 0. The van der Waals surface area contributed by atoms with Gasteiger partial charge in [-0.15, -0.1) is 5.10 Å². The van der Waals surface area contributed by atoms with Crippen LogP contribution >= 0.6 is 0 Å². The van der Waals surface area contributed by atoms with E-state index in [9.17, 15) is 4.79 Å². The number of methoxy groups -OCH3 is 1. The Morgan fingerprint density at radius 1 is 0.841 bits per heavy atom. The van der Waals surface area contributed by atoms with Crippen LogP contribution in [-0.2, 0) is 11.5 Å². The molecule has 0 fully saturated rings. The van der Waals surface area contributed by atoms with Gasteiger partial charge < -0.3 is 19.8 Å². The number of benzene rings is 3. The SMILES string of the molecule is COc1ccc(-c2c(Nc3cnn(COCC[Si](C)(C)C)n3)[nH]c3c(-c4ccccc4)c(-c4ccccc4)nn3c2=O)cc1. The average molecular weight is 606 g/mol. The van der Waals surface area contributed by atoms with Crippen molar-refractivity contribution in [3.63, 3.8) is 0 Å². The van der Waals surface area contributed by atoms with Gasteiger partial charge in [-0.05, 0) is 29.3 Å². The third-order valence-corrected chi connectivity index (χ3v) is 8.97. The summed E-state index contributed by atoms with van der Waals surface area (Å²) in [6.07, 6.45) is 1.62. The van der Waals surface area contributed by atoms with Crippen LogP contribution in [0.5, 0.6) is 5.75 Å². The molecule has 3 aromatic carbocycles. The summed E-state index contributed by atoms with van der Waals surface area (Å²) in [5.74, 6) is 1.63. The Hall–Kier alpha value is -5.00. The van der Waals surface area contributed by atoms with Gasteiger partial charge in [0.25, 0.3) is 5.56 Å². The van der Waals surface area contributed by atoms with Crippen LogP contribution in [0.1, 0.15) is 0 Å². The van der Waals surface area contributed by atoms with Crippen molar-refractivity contribution in [3.8, 4) is 39.3 Å². The van der Waals surface area contributed by atoms with Crippen LogP contribution in [0.25, 0.3) is 39.2 Å². The van der Waals surface area contributed by atoms with Gasteiger partial charge in [0.2, 0.25) is 0 Å². The van der Waals surface area contributed by atoms with E-state index in [1.54, 1.807) is 13.3 Å². The molecule has 0 saturated heterocycles. The van der Waals surface area contributed by atoms with Crippen molar-refractivity contribution in [2.24, 2.45) is 0 Å². The van der Waals surface area contributed by atoms with Gasteiger partial charge in [0.15, 0.2) is 12.5 Å². The van der Waals surface area contributed by atoms with Crippen molar-refractivity contribution >= 4 is 25.4 Å². The number of hydrogen-bond donors (Lipinski definition) is 2. The summed E-state index contributed by atoms with van der Waals surface area (Å²) in [4.78, 5) is 19.3. The number of anilines is 2. The normalized spacial score (nSPS) is 11.6. The van der Waals surface area contributed by atoms with Crippen LogP contribution in [0.2, 0.25) is 25.7 Å². The highest BCUT2D eigenvalue weighted by Gasteiger charge is 2.23. The Bertz CT molecular complexity index is 1930. The smallest absolute Gasteiger partial charge is 0.284 e. The number of hydrogen-bond acceptors (Lipinski definition) is 7. The number of aromatic amines is 1. The van der Waals surface area contributed by atoms with Crippen LogP contribution in [0, 0.1) is 0 Å². The molecule has 44 heavy (non-hydrogen) atoms. The number of aromatic nitrogens is 6. The Labute approximate surface area is 256 Å². The molecule has 3 aromatic heterocycles. The first-order valence-corrected chi connectivity index (χ1v) is 18.2. The highest BCUT2D eigenvalue weighted by molar-refractivity contribution is 6.76. The maximum absolute atomic E-state index is 14.3. The lowest BCUT2D eigenvalue weighted by molar-refractivity contribution is 0.0687. The van der Waals surface area contributed by atoms with Gasteiger partial charge in [0, 0.05) is 20.2 Å². The number of rotatable bonds is 11. The van der Waals surface area contributed by atoms with Gasteiger partial charge in [0.05, 0.1) is 24.4 Å². The van der Waals surface area contributed by atoms with E-state index in [0.29, 0.717) is 46.5 Å². The molecule has 0 aliphatic carbocycles. The molecule has 11 heteroatoms. The summed E-state index contributed by atoms with van der Waals surface area (Å²) in [5, 5.41) is 17.1. The summed E-state index contributed by atoms with van der Waals surface area (Å²) < 4.78 is 12.6. The Morgan fingerprint density at radius 3 is 2.16 bits per heavy atom. The Balaban J connectivity index is 1.47. The molecular formula is C33H35N7O3Si. The number of ether oxygens (including phenoxy) is 2. The van der Waals surface area contributed by atoms with Crippen molar-refractivity contribution in [2.75, 3.05) is 19.0 Å². The molecular weight excluding hydrogens is 570 g/mol. The van der Waals surface area contributed by atoms with Gasteiger partial charge in [-0.3, -0.25) is 4.79 Å². The second-order valence-corrected chi connectivity index (χ2v) is 17.3. The maximum atomic E-state index is 14.3. The molecule has 0 spiro atoms. The van der Waals surface area contributed by atoms with E-state index in [4.69, 9.17) is 14.6 Å². The van der Waals surface area contributed by atoms with Crippen molar-refractivity contribution in [2.45, 2.75) is 32.4 Å². The summed E-state index contributed by atoms with van der Waals surface area (Å²) in [6, 6.07) is 28.2.